The molecule has 0 bridgehead atoms. The molecule has 0 radical (unpaired) electrons. The van der Waals surface area contributed by atoms with Crippen LogP contribution in [0.3, 0.4) is 0 Å². The molecule has 2 unspecified atom stereocenters. The van der Waals surface area contributed by atoms with Crippen LogP contribution in [0.2, 0.25) is 0 Å². The SMILES string of the molecule is CCCCCCC/C=C\C/C=C\C/C=C\CCCCCCCCCCCCC(=O)NC(CO)C(O)/C=C/CC/C=C/CC/C=C/CCCCCCCCCCCCCCCCCCC. The second-order valence-electron chi connectivity index (χ2n) is 19.0. The second-order valence-corrected chi connectivity index (χ2v) is 19.0. The number of hydrogen-bond donors (Lipinski definition) is 3. The van der Waals surface area contributed by atoms with E-state index >= 15 is 0 Å². The summed E-state index contributed by atoms with van der Waals surface area (Å²) in [6.07, 6.45) is 79.2. The number of allylic oxidation sites excluding steroid dienone is 11. The fourth-order valence-electron chi connectivity index (χ4n) is 8.34. The van der Waals surface area contributed by atoms with Crippen molar-refractivity contribution in [3.8, 4) is 0 Å². The van der Waals surface area contributed by atoms with E-state index in [-0.39, 0.29) is 12.5 Å². The summed E-state index contributed by atoms with van der Waals surface area (Å²) in [4.78, 5) is 12.5. The quantitative estimate of drug-likeness (QED) is 0.0421. The molecule has 3 N–H and O–H groups in total. The van der Waals surface area contributed by atoms with Gasteiger partial charge in [0.15, 0.2) is 0 Å². The van der Waals surface area contributed by atoms with Gasteiger partial charge in [-0.3, -0.25) is 4.79 Å². The van der Waals surface area contributed by atoms with Gasteiger partial charge in [0.1, 0.15) is 0 Å². The minimum atomic E-state index is -0.877. The number of nitrogens with one attached hydrogen (secondary N) is 1. The molecule has 0 spiro atoms. The van der Waals surface area contributed by atoms with Gasteiger partial charge in [0.2, 0.25) is 5.91 Å². The van der Waals surface area contributed by atoms with Gasteiger partial charge in [-0.1, -0.05) is 267 Å². The lowest BCUT2D eigenvalue weighted by Crippen LogP contribution is -2.45. The van der Waals surface area contributed by atoms with Gasteiger partial charge in [-0.05, 0) is 83.5 Å². The highest BCUT2D eigenvalue weighted by Gasteiger charge is 2.18. The number of rotatable bonds is 51. The van der Waals surface area contributed by atoms with Crippen LogP contribution in [0.4, 0.5) is 0 Å². The smallest absolute Gasteiger partial charge is 0.220 e. The molecular formula is C60H109NO3. The summed E-state index contributed by atoms with van der Waals surface area (Å²) in [7, 11) is 0. The summed E-state index contributed by atoms with van der Waals surface area (Å²) in [5, 5.41) is 23.1. The van der Waals surface area contributed by atoms with E-state index in [1.54, 1.807) is 6.08 Å². The van der Waals surface area contributed by atoms with Crippen LogP contribution >= 0.6 is 0 Å². The number of unbranched alkanes of at least 4 members (excludes halogenated alkanes) is 34. The Labute approximate surface area is 399 Å². The summed E-state index contributed by atoms with van der Waals surface area (Å²) >= 11 is 0. The summed E-state index contributed by atoms with van der Waals surface area (Å²) in [6.45, 7) is 4.30. The molecule has 0 heterocycles. The lowest BCUT2D eigenvalue weighted by Gasteiger charge is -2.19. The number of amides is 1. The minimum absolute atomic E-state index is 0.0819. The third kappa shape index (κ3) is 50.8. The topological polar surface area (TPSA) is 69.6 Å². The van der Waals surface area contributed by atoms with Crippen LogP contribution in [0.1, 0.15) is 284 Å². The monoisotopic (exact) mass is 892 g/mol. The first-order valence-corrected chi connectivity index (χ1v) is 28.2. The van der Waals surface area contributed by atoms with Crippen LogP contribution in [-0.4, -0.2) is 34.9 Å². The molecule has 0 aliphatic carbocycles. The zero-order valence-corrected chi connectivity index (χ0v) is 42.8. The van der Waals surface area contributed by atoms with Gasteiger partial charge in [0, 0.05) is 6.42 Å². The van der Waals surface area contributed by atoms with Gasteiger partial charge < -0.3 is 15.5 Å². The van der Waals surface area contributed by atoms with Gasteiger partial charge in [0.05, 0.1) is 18.8 Å². The first-order chi connectivity index (χ1) is 31.7. The van der Waals surface area contributed by atoms with Crippen molar-refractivity contribution in [1.82, 2.24) is 5.32 Å². The fourth-order valence-corrected chi connectivity index (χ4v) is 8.34. The van der Waals surface area contributed by atoms with E-state index in [0.29, 0.717) is 6.42 Å². The van der Waals surface area contributed by atoms with Crippen LogP contribution in [0.5, 0.6) is 0 Å². The highest BCUT2D eigenvalue weighted by atomic mass is 16.3. The molecule has 2 atom stereocenters. The van der Waals surface area contributed by atoms with Gasteiger partial charge in [-0.25, -0.2) is 0 Å². The molecule has 0 aliphatic heterocycles. The predicted molar refractivity (Wildman–Crippen MR) is 285 cm³/mol. The summed E-state index contributed by atoms with van der Waals surface area (Å²) in [5.41, 5.74) is 0. The first-order valence-electron chi connectivity index (χ1n) is 28.2. The maximum Gasteiger partial charge on any atom is 0.220 e. The van der Waals surface area contributed by atoms with Crippen molar-refractivity contribution < 1.29 is 15.0 Å². The average Bonchev–Trinajstić information content (AvgIpc) is 3.30. The average molecular weight is 893 g/mol. The summed E-state index contributed by atoms with van der Waals surface area (Å²) in [5.74, 6) is -0.0819. The zero-order valence-electron chi connectivity index (χ0n) is 42.8. The normalized spacial score (nSPS) is 13.4. The molecule has 0 aromatic rings. The number of carbonyl (C=O) groups excluding carboxylic acids is 1. The van der Waals surface area contributed by atoms with Crippen molar-refractivity contribution in [2.75, 3.05) is 6.61 Å². The molecule has 0 saturated heterocycles. The van der Waals surface area contributed by atoms with Crippen LogP contribution in [0, 0.1) is 0 Å². The molecule has 4 heteroatoms. The molecule has 0 aromatic carbocycles. The Morgan fingerprint density at radius 1 is 0.375 bits per heavy atom. The second kappa shape index (κ2) is 55.2. The van der Waals surface area contributed by atoms with E-state index in [4.69, 9.17) is 0 Å². The van der Waals surface area contributed by atoms with Crippen LogP contribution in [0.15, 0.2) is 72.9 Å². The Bertz CT molecular complexity index is 1100. The lowest BCUT2D eigenvalue weighted by molar-refractivity contribution is -0.123. The first kappa shape index (κ1) is 61.8. The number of aliphatic hydroxyl groups is 2. The molecule has 0 aromatic heterocycles. The highest BCUT2D eigenvalue weighted by Crippen LogP contribution is 2.16. The Morgan fingerprint density at radius 3 is 1.02 bits per heavy atom. The van der Waals surface area contributed by atoms with E-state index < -0.39 is 12.1 Å². The van der Waals surface area contributed by atoms with E-state index in [9.17, 15) is 15.0 Å². The lowest BCUT2D eigenvalue weighted by atomic mass is 10.0. The molecule has 0 aliphatic rings. The van der Waals surface area contributed by atoms with Crippen molar-refractivity contribution >= 4 is 5.91 Å². The van der Waals surface area contributed by atoms with E-state index in [1.165, 1.54) is 212 Å². The van der Waals surface area contributed by atoms with Crippen molar-refractivity contribution in [2.45, 2.75) is 296 Å². The third-order valence-corrected chi connectivity index (χ3v) is 12.6. The molecular weight excluding hydrogens is 783 g/mol. The van der Waals surface area contributed by atoms with Crippen molar-refractivity contribution in [2.24, 2.45) is 0 Å². The Hall–Kier alpha value is -2.17. The summed E-state index contributed by atoms with van der Waals surface area (Å²) in [6, 6.07) is -0.652. The summed E-state index contributed by atoms with van der Waals surface area (Å²) < 4.78 is 0. The Kier molecular flexibility index (Phi) is 53.3. The number of hydrogen-bond acceptors (Lipinski definition) is 3. The molecule has 4 nitrogen and oxygen atoms in total. The van der Waals surface area contributed by atoms with Crippen molar-refractivity contribution in [1.29, 1.82) is 0 Å². The van der Waals surface area contributed by atoms with Crippen molar-refractivity contribution in [3.63, 3.8) is 0 Å². The maximum absolute atomic E-state index is 12.5. The van der Waals surface area contributed by atoms with Crippen LogP contribution in [0.25, 0.3) is 0 Å². The van der Waals surface area contributed by atoms with E-state index in [0.717, 1.165) is 51.4 Å². The molecule has 0 rings (SSSR count). The number of aliphatic hydroxyl groups excluding tert-OH is 2. The largest absolute Gasteiger partial charge is 0.394 e. The molecule has 0 fully saturated rings. The fraction of sp³-hybridized carbons (Fsp3) is 0.783. The van der Waals surface area contributed by atoms with Gasteiger partial charge >= 0.3 is 0 Å². The molecule has 372 valence electrons. The predicted octanol–water partition coefficient (Wildman–Crippen LogP) is 18.6. The van der Waals surface area contributed by atoms with E-state index in [2.05, 4.69) is 79.9 Å². The Balaban J connectivity index is 3.59. The maximum atomic E-state index is 12.5. The molecule has 1 amide bonds. The number of carbonyl (C=O) groups is 1. The van der Waals surface area contributed by atoms with Crippen LogP contribution in [-0.2, 0) is 4.79 Å². The minimum Gasteiger partial charge on any atom is -0.394 e. The van der Waals surface area contributed by atoms with Crippen LogP contribution < -0.4 is 5.32 Å². The highest BCUT2D eigenvalue weighted by molar-refractivity contribution is 5.76. The van der Waals surface area contributed by atoms with Gasteiger partial charge in [0.25, 0.3) is 0 Å². The van der Waals surface area contributed by atoms with Crippen molar-refractivity contribution in [3.05, 3.63) is 72.9 Å². The molecule has 64 heavy (non-hydrogen) atoms. The molecule has 0 saturated carbocycles. The zero-order chi connectivity index (χ0) is 46.3. The Morgan fingerprint density at radius 2 is 0.656 bits per heavy atom. The van der Waals surface area contributed by atoms with E-state index in [1.807, 2.05) is 6.08 Å². The standard InChI is InChI=1S/C60H109NO3/c1-3-5-7-9-11-13-15-17-19-21-23-25-27-29-30-32-33-35-37-39-41-43-45-47-49-51-53-55-59(63)58(57-62)61-60(64)56-54-52-50-48-46-44-42-40-38-36-34-31-28-26-24-22-20-18-16-14-12-10-8-6-4-2/h16,18,22,24,28,31,37,39,45,47,53,55,58-59,62-63H,3-15,17,19-21,23,25-27,29-30,32-36,38,40-44,46,48-52,54,56-57H2,1-2H3,(H,61,64)/b18-16-,24-22-,31-28-,39-37+,47-45+,55-53+. The third-order valence-electron chi connectivity index (χ3n) is 12.6. The van der Waals surface area contributed by atoms with Gasteiger partial charge in [-0.2, -0.15) is 0 Å². The van der Waals surface area contributed by atoms with Gasteiger partial charge in [-0.15, -0.1) is 0 Å².